The highest BCUT2D eigenvalue weighted by Gasteiger charge is 2.28. The standard InChI is InChI=1S/C14H21FN2/c1-9-7-17(8-10(9)2)13-6-4-5-12(15)14(13)11(3)16/h4-6,9-11H,7-8,16H2,1-3H3/t9?,10?,11-/m1/s1. The van der Waals surface area contributed by atoms with Gasteiger partial charge < -0.3 is 10.6 Å². The Kier molecular flexibility index (Phi) is 3.38. The molecule has 94 valence electrons. The van der Waals surface area contributed by atoms with E-state index in [2.05, 4.69) is 18.7 Å². The smallest absolute Gasteiger partial charge is 0.130 e. The molecule has 1 saturated heterocycles. The maximum absolute atomic E-state index is 13.8. The molecule has 2 rings (SSSR count). The van der Waals surface area contributed by atoms with Crippen LogP contribution < -0.4 is 10.6 Å². The minimum Gasteiger partial charge on any atom is -0.371 e. The van der Waals surface area contributed by atoms with Gasteiger partial charge in [0.2, 0.25) is 0 Å². The molecule has 0 saturated carbocycles. The Balaban J connectivity index is 2.36. The van der Waals surface area contributed by atoms with Crippen LogP contribution in [0.1, 0.15) is 32.4 Å². The lowest BCUT2D eigenvalue weighted by molar-refractivity contribution is 0.494. The summed E-state index contributed by atoms with van der Waals surface area (Å²) in [6.45, 7) is 8.31. The van der Waals surface area contributed by atoms with E-state index in [9.17, 15) is 4.39 Å². The van der Waals surface area contributed by atoms with Gasteiger partial charge in [-0.2, -0.15) is 0 Å². The van der Waals surface area contributed by atoms with Crippen molar-refractivity contribution in [3.05, 3.63) is 29.6 Å². The van der Waals surface area contributed by atoms with Crippen LogP contribution in [0.15, 0.2) is 18.2 Å². The summed E-state index contributed by atoms with van der Waals surface area (Å²) in [6, 6.07) is 4.97. The van der Waals surface area contributed by atoms with Gasteiger partial charge in [0, 0.05) is 30.4 Å². The molecule has 0 aliphatic carbocycles. The van der Waals surface area contributed by atoms with Crippen molar-refractivity contribution >= 4 is 5.69 Å². The second-order valence-corrected chi connectivity index (χ2v) is 5.32. The zero-order valence-corrected chi connectivity index (χ0v) is 10.8. The van der Waals surface area contributed by atoms with Gasteiger partial charge in [0.05, 0.1) is 0 Å². The first-order chi connectivity index (χ1) is 8.00. The molecule has 17 heavy (non-hydrogen) atoms. The van der Waals surface area contributed by atoms with E-state index < -0.39 is 0 Å². The van der Waals surface area contributed by atoms with Crippen LogP contribution in [0.5, 0.6) is 0 Å². The van der Waals surface area contributed by atoms with Gasteiger partial charge >= 0.3 is 0 Å². The Morgan fingerprint density at radius 2 is 1.88 bits per heavy atom. The number of benzene rings is 1. The molecule has 2 N–H and O–H groups in total. The molecule has 0 aromatic heterocycles. The molecule has 0 radical (unpaired) electrons. The second-order valence-electron chi connectivity index (χ2n) is 5.32. The van der Waals surface area contributed by atoms with Crippen LogP contribution >= 0.6 is 0 Å². The summed E-state index contributed by atoms with van der Waals surface area (Å²) in [4.78, 5) is 2.26. The average molecular weight is 236 g/mol. The minimum absolute atomic E-state index is 0.190. The van der Waals surface area contributed by atoms with E-state index >= 15 is 0 Å². The molecule has 0 spiro atoms. The molecule has 1 aliphatic rings. The highest BCUT2D eigenvalue weighted by molar-refractivity contribution is 5.56. The van der Waals surface area contributed by atoms with Crippen LogP contribution in [-0.2, 0) is 0 Å². The van der Waals surface area contributed by atoms with Gasteiger partial charge in [-0.1, -0.05) is 19.9 Å². The molecule has 1 aliphatic heterocycles. The molecular formula is C14H21FN2. The maximum atomic E-state index is 13.8. The maximum Gasteiger partial charge on any atom is 0.130 e. The summed E-state index contributed by atoms with van der Waals surface area (Å²) in [5.41, 5.74) is 7.50. The zero-order chi connectivity index (χ0) is 12.6. The van der Waals surface area contributed by atoms with Crippen molar-refractivity contribution in [1.82, 2.24) is 0 Å². The largest absolute Gasteiger partial charge is 0.371 e. The van der Waals surface area contributed by atoms with Gasteiger partial charge in [-0.15, -0.1) is 0 Å². The number of rotatable bonds is 2. The fourth-order valence-electron chi connectivity index (χ4n) is 2.58. The highest BCUT2D eigenvalue weighted by atomic mass is 19.1. The number of anilines is 1. The van der Waals surface area contributed by atoms with Crippen LogP contribution in [0.25, 0.3) is 0 Å². The molecule has 3 heteroatoms. The molecule has 2 unspecified atom stereocenters. The van der Waals surface area contributed by atoms with Gasteiger partial charge in [0.15, 0.2) is 0 Å². The number of halogens is 1. The predicted octanol–water partition coefficient (Wildman–Crippen LogP) is 2.94. The molecule has 3 atom stereocenters. The Hall–Kier alpha value is -1.09. The molecular weight excluding hydrogens is 215 g/mol. The van der Waals surface area contributed by atoms with Crippen molar-refractivity contribution in [2.24, 2.45) is 17.6 Å². The van der Waals surface area contributed by atoms with Crippen LogP contribution in [0.2, 0.25) is 0 Å². The second kappa shape index (κ2) is 4.65. The SMILES string of the molecule is CC1CN(c2cccc(F)c2[C@@H](C)N)CC1C. The summed E-state index contributed by atoms with van der Waals surface area (Å²) in [5, 5.41) is 0. The van der Waals surface area contributed by atoms with Gasteiger partial charge in [-0.05, 0) is 30.9 Å². The quantitative estimate of drug-likeness (QED) is 0.855. The van der Waals surface area contributed by atoms with Crippen LogP contribution in [0.4, 0.5) is 10.1 Å². The zero-order valence-electron chi connectivity index (χ0n) is 10.8. The third-order valence-corrected chi connectivity index (χ3v) is 3.81. The normalized spacial score (nSPS) is 26.3. The molecule has 1 aromatic carbocycles. The number of hydrogen-bond acceptors (Lipinski definition) is 2. The Labute approximate surface area is 103 Å². The van der Waals surface area contributed by atoms with E-state index in [1.807, 2.05) is 13.0 Å². The number of nitrogens with two attached hydrogens (primary N) is 1. The van der Waals surface area contributed by atoms with Crippen LogP contribution in [0, 0.1) is 17.7 Å². The van der Waals surface area contributed by atoms with Crippen molar-refractivity contribution in [3.63, 3.8) is 0 Å². The summed E-state index contributed by atoms with van der Waals surface area (Å²) >= 11 is 0. The van der Waals surface area contributed by atoms with E-state index in [4.69, 9.17) is 5.73 Å². The Bertz CT molecular complexity index is 393. The Morgan fingerprint density at radius 1 is 1.29 bits per heavy atom. The highest BCUT2D eigenvalue weighted by Crippen LogP contribution is 2.33. The van der Waals surface area contributed by atoms with Crippen molar-refractivity contribution in [2.75, 3.05) is 18.0 Å². The summed E-state index contributed by atoms with van der Waals surface area (Å²) < 4.78 is 13.8. The molecule has 1 aromatic rings. The lowest BCUT2D eigenvalue weighted by Gasteiger charge is -2.24. The third kappa shape index (κ3) is 2.29. The first-order valence-electron chi connectivity index (χ1n) is 6.29. The number of nitrogens with zero attached hydrogens (tertiary/aromatic N) is 1. The summed E-state index contributed by atoms with van der Waals surface area (Å²) in [6.07, 6.45) is 0. The van der Waals surface area contributed by atoms with Crippen LogP contribution in [-0.4, -0.2) is 13.1 Å². The van der Waals surface area contributed by atoms with Crippen molar-refractivity contribution in [2.45, 2.75) is 26.8 Å². The molecule has 0 bridgehead atoms. The predicted molar refractivity (Wildman–Crippen MR) is 69.5 cm³/mol. The molecule has 1 heterocycles. The van der Waals surface area contributed by atoms with Gasteiger partial charge in [-0.25, -0.2) is 4.39 Å². The minimum atomic E-state index is -0.266. The van der Waals surface area contributed by atoms with Gasteiger partial charge in [0.25, 0.3) is 0 Å². The van der Waals surface area contributed by atoms with Crippen molar-refractivity contribution < 1.29 is 4.39 Å². The monoisotopic (exact) mass is 236 g/mol. The molecule has 2 nitrogen and oxygen atoms in total. The lowest BCUT2D eigenvalue weighted by Crippen LogP contribution is -2.23. The first-order valence-corrected chi connectivity index (χ1v) is 6.29. The van der Waals surface area contributed by atoms with E-state index in [0.717, 1.165) is 18.8 Å². The lowest BCUT2D eigenvalue weighted by atomic mass is 10.0. The Morgan fingerprint density at radius 3 is 2.41 bits per heavy atom. The molecule has 0 amide bonds. The van der Waals surface area contributed by atoms with E-state index in [1.165, 1.54) is 6.07 Å². The fraction of sp³-hybridized carbons (Fsp3) is 0.571. The third-order valence-electron chi connectivity index (χ3n) is 3.81. The van der Waals surface area contributed by atoms with Crippen molar-refractivity contribution in [1.29, 1.82) is 0 Å². The summed E-state index contributed by atoms with van der Waals surface area (Å²) in [5.74, 6) is 1.11. The first kappa shape index (κ1) is 12.4. The van der Waals surface area contributed by atoms with Gasteiger partial charge in [0.1, 0.15) is 5.82 Å². The van der Waals surface area contributed by atoms with Crippen LogP contribution in [0.3, 0.4) is 0 Å². The average Bonchev–Trinajstić information content (AvgIpc) is 2.58. The van der Waals surface area contributed by atoms with Crippen molar-refractivity contribution in [3.8, 4) is 0 Å². The molecule has 1 fully saturated rings. The van der Waals surface area contributed by atoms with E-state index in [0.29, 0.717) is 17.4 Å². The van der Waals surface area contributed by atoms with E-state index in [1.54, 1.807) is 6.07 Å². The fourth-order valence-corrected chi connectivity index (χ4v) is 2.58. The van der Waals surface area contributed by atoms with Gasteiger partial charge in [-0.3, -0.25) is 0 Å². The van der Waals surface area contributed by atoms with E-state index in [-0.39, 0.29) is 11.9 Å². The number of hydrogen-bond donors (Lipinski definition) is 1. The summed E-state index contributed by atoms with van der Waals surface area (Å²) in [7, 11) is 0. The topological polar surface area (TPSA) is 29.3 Å².